The molecule has 1 amide bonds. The number of hydrogen-bond donors (Lipinski definition) is 1. The Labute approximate surface area is 120 Å². The first kappa shape index (κ1) is 22.8. The topological polar surface area (TPSA) is 29.1 Å². The average Bonchev–Trinajstić information content (AvgIpc) is 2.49. The molecule has 0 aromatic heterocycles. The quantitative estimate of drug-likeness (QED) is 0.692. The second kappa shape index (κ2) is 16.7. The van der Waals surface area contributed by atoms with Crippen LogP contribution in [0.1, 0.15) is 61.8 Å². The summed E-state index contributed by atoms with van der Waals surface area (Å²) >= 11 is 0. The lowest BCUT2D eigenvalue weighted by molar-refractivity contribution is -0.124. The van der Waals surface area contributed by atoms with Crippen molar-refractivity contribution in [2.45, 2.75) is 61.8 Å². The summed E-state index contributed by atoms with van der Waals surface area (Å²) in [6, 6.07) is 0. The molecule has 1 N–H and O–H groups in total. The number of nitrogens with one attached hydrogen (secondary N) is 1. The Morgan fingerprint density at radius 3 is 2.00 bits per heavy atom. The van der Waals surface area contributed by atoms with Crippen LogP contribution in [0.4, 0.5) is 0 Å². The summed E-state index contributed by atoms with van der Waals surface area (Å²) in [6.45, 7) is 19.5. The molecule has 2 heteroatoms. The average molecular weight is 267 g/mol. The van der Waals surface area contributed by atoms with Crippen molar-refractivity contribution in [1.29, 1.82) is 0 Å². The number of piperidine rings is 1. The maximum Gasteiger partial charge on any atom is 0.227 e. The molecular formula is C17H33NO. The van der Waals surface area contributed by atoms with Crippen LogP contribution in [0.15, 0.2) is 36.1 Å². The van der Waals surface area contributed by atoms with Gasteiger partial charge in [-0.25, -0.2) is 0 Å². The van der Waals surface area contributed by atoms with Crippen LogP contribution in [0.2, 0.25) is 0 Å². The highest BCUT2D eigenvalue weighted by Crippen LogP contribution is 2.23. The van der Waals surface area contributed by atoms with Gasteiger partial charge in [0, 0.05) is 11.6 Å². The predicted octanol–water partition coefficient (Wildman–Crippen LogP) is 5.24. The molecule has 2 nitrogen and oxygen atoms in total. The Morgan fingerprint density at radius 2 is 1.63 bits per heavy atom. The van der Waals surface area contributed by atoms with Crippen LogP contribution in [0.25, 0.3) is 0 Å². The molecule has 1 aliphatic heterocycles. The van der Waals surface area contributed by atoms with Crippen LogP contribution >= 0.6 is 0 Å². The third-order valence-corrected chi connectivity index (χ3v) is 2.19. The standard InChI is InChI=1S/C11H15NO.3C2H6/c1-4-6-9-7-8(3)11(13)12-10(9)5-2;3*1-2/h4-6,8H,1,7H2,2-3H3,(H,12,13);3*1-2H3/b9-6-,10-5+;;;. The first-order chi connectivity index (χ1) is 9.19. The molecule has 0 aromatic carbocycles. The van der Waals surface area contributed by atoms with E-state index in [1.54, 1.807) is 6.08 Å². The summed E-state index contributed by atoms with van der Waals surface area (Å²) < 4.78 is 0. The molecule has 1 aliphatic rings. The van der Waals surface area contributed by atoms with E-state index in [-0.39, 0.29) is 11.8 Å². The van der Waals surface area contributed by atoms with Gasteiger partial charge in [0.25, 0.3) is 0 Å². The predicted molar refractivity (Wildman–Crippen MR) is 88.0 cm³/mol. The van der Waals surface area contributed by atoms with Crippen molar-refractivity contribution in [3.8, 4) is 0 Å². The third-order valence-electron chi connectivity index (χ3n) is 2.19. The molecule has 0 aliphatic carbocycles. The molecule has 1 saturated heterocycles. The van der Waals surface area contributed by atoms with E-state index in [9.17, 15) is 4.79 Å². The van der Waals surface area contributed by atoms with Gasteiger partial charge in [0.2, 0.25) is 5.91 Å². The molecule has 0 saturated carbocycles. The Kier molecular flexibility index (Phi) is 20.1. The van der Waals surface area contributed by atoms with Gasteiger partial charge in [-0.05, 0) is 18.9 Å². The minimum Gasteiger partial charge on any atom is -0.326 e. The van der Waals surface area contributed by atoms with Crippen LogP contribution in [0.5, 0.6) is 0 Å². The lowest BCUT2D eigenvalue weighted by atomic mass is 9.93. The van der Waals surface area contributed by atoms with Crippen LogP contribution in [-0.4, -0.2) is 5.91 Å². The molecule has 1 rings (SSSR count). The number of amides is 1. The van der Waals surface area contributed by atoms with Crippen molar-refractivity contribution in [2.75, 3.05) is 0 Å². The smallest absolute Gasteiger partial charge is 0.227 e. The van der Waals surface area contributed by atoms with E-state index in [0.29, 0.717) is 0 Å². The summed E-state index contributed by atoms with van der Waals surface area (Å²) in [5.41, 5.74) is 2.08. The molecule has 112 valence electrons. The normalized spacial score (nSPS) is 20.8. The monoisotopic (exact) mass is 267 g/mol. The second-order valence-electron chi connectivity index (χ2n) is 3.22. The Bertz CT molecular complexity index is 288. The molecule has 0 aromatic rings. The van der Waals surface area contributed by atoms with Gasteiger partial charge in [-0.1, -0.05) is 73.3 Å². The number of hydrogen-bond acceptors (Lipinski definition) is 1. The molecule has 1 atom stereocenters. The SMILES string of the molecule is C=C/C=C1/CC(C)C(=O)N/C1=C/C.CC.CC.CC. The zero-order valence-electron chi connectivity index (χ0n) is 14.1. The highest BCUT2D eigenvalue weighted by atomic mass is 16.1. The second-order valence-corrected chi connectivity index (χ2v) is 3.22. The van der Waals surface area contributed by atoms with Gasteiger partial charge in [-0.3, -0.25) is 4.79 Å². The van der Waals surface area contributed by atoms with Crippen molar-refractivity contribution in [1.82, 2.24) is 5.32 Å². The molecule has 0 spiro atoms. The number of carbonyl (C=O) groups excluding carboxylic acids is 1. The summed E-state index contributed by atoms with van der Waals surface area (Å²) in [7, 11) is 0. The first-order valence-corrected chi connectivity index (χ1v) is 7.48. The van der Waals surface area contributed by atoms with E-state index < -0.39 is 0 Å². The minimum absolute atomic E-state index is 0.0647. The number of carbonyl (C=O) groups is 1. The van der Waals surface area contributed by atoms with Crippen molar-refractivity contribution < 1.29 is 4.79 Å². The lowest BCUT2D eigenvalue weighted by Crippen LogP contribution is -2.34. The van der Waals surface area contributed by atoms with E-state index in [1.165, 1.54) is 0 Å². The Morgan fingerprint density at radius 1 is 1.16 bits per heavy atom. The highest BCUT2D eigenvalue weighted by molar-refractivity contribution is 5.83. The lowest BCUT2D eigenvalue weighted by Gasteiger charge is -2.23. The highest BCUT2D eigenvalue weighted by Gasteiger charge is 2.23. The summed E-state index contributed by atoms with van der Waals surface area (Å²) in [4.78, 5) is 11.3. The van der Waals surface area contributed by atoms with E-state index in [0.717, 1.165) is 17.7 Å². The molecule has 1 fully saturated rings. The maximum atomic E-state index is 11.3. The molecule has 19 heavy (non-hydrogen) atoms. The largest absolute Gasteiger partial charge is 0.326 e. The maximum absolute atomic E-state index is 11.3. The fourth-order valence-corrected chi connectivity index (χ4v) is 1.43. The fraction of sp³-hybridized carbons (Fsp3) is 0.588. The summed E-state index contributed by atoms with van der Waals surface area (Å²) in [5, 5.41) is 2.86. The van der Waals surface area contributed by atoms with E-state index >= 15 is 0 Å². The van der Waals surface area contributed by atoms with Crippen LogP contribution in [0.3, 0.4) is 0 Å². The van der Waals surface area contributed by atoms with E-state index in [4.69, 9.17) is 0 Å². The first-order valence-electron chi connectivity index (χ1n) is 7.48. The van der Waals surface area contributed by atoms with Crippen LogP contribution in [-0.2, 0) is 4.79 Å². The van der Waals surface area contributed by atoms with Crippen LogP contribution in [0, 0.1) is 5.92 Å². The number of allylic oxidation sites excluding steroid dienone is 4. The van der Waals surface area contributed by atoms with Gasteiger partial charge in [0.05, 0.1) is 0 Å². The third kappa shape index (κ3) is 9.29. The molecule has 0 bridgehead atoms. The van der Waals surface area contributed by atoms with Gasteiger partial charge < -0.3 is 5.32 Å². The van der Waals surface area contributed by atoms with Crippen LogP contribution < -0.4 is 5.32 Å². The minimum atomic E-state index is 0.0647. The number of rotatable bonds is 1. The fourth-order valence-electron chi connectivity index (χ4n) is 1.43. The zero-order valence-corrected chi connectivity index (χ0v) is 14.1. The summed E-state index contributed by atoms with van der Waals surface area (Å²) in [6.07, 6.45) is 6.42. The van der Waals surface area contributed by atoms with Gasteiger partial charge in [-0.15, -0.1) is 0 Å². The van der Waals surface area contributed by atoms with E-state index in [2.05, 4.69) is 11.9 Å². The van der Waals surface area contributed by atoms with Crippen molar-refractivity contribution in [2.24, 2.45) is 5.92 Å². The van der Waals surface area contributed by atoms with Gasteiger partial charge in [0.15, 0.2) is 0 Å². The van der Waals surface area contributed by atoms with E-state index in [1.807, 2.05) is 67.5 Å². The Balaban J connectivity index is -0.000000375. The van der Waals surface area contributed by atoms with Gasteiger partial charge in [-0.2, -0.15) is 0 Å². The van der Waals surface area contributed by atoms with Gasteiger partial charge in [0.1, 0.15) is 0 Å². The van der Waals surface area contributed by atoms with Crippen molar-refractivity contribution >= 4 is 5.91 Å². The molecule has 0 radical (unpaired) electrons. The van der Waals surface area contributed by atoms with Gasteiger partial charge >= 0.3 is 0 Å². The molecule has 1 heterocycles. The summed E-state index contributed by atoms with van der Waals surface area (Å²) in [5.74, 6) is 0.171. The van der Waals surface area contributed by atoms with Crippen molar-refractivity contribution in [3.05, 3.63) is 36.1 Å². The molecular weight excluding hydrogens is 234 g/mol. The molecule has 1 unspecified atom stereocenters. The zero-order chi connectivity index (χ0) is 15.8. The Hall–Kier alpha value is -1.31. The van der Waals surface area contributed by atoms with Crippen molar-refractivity contribution in [3.63, 3.8) is 0 Å².